The molecule has 234 valence electrons. The normalized spacial score (nSPS) is 46.3. The van der Waals surface area contributed by atoms with Crippen LogP contribution in [0.4, 0.5) is 0 Å². The molecule has 3 heterocycles. The Kier molecular flexibility index (Phi) is 13.0. The molecule has 3 fully saturated rings. The topological polar surface area (TPSA) is 258 Å². The van der Waals surface area contributed by atoms with E-state index in [0.29, 0.717) is 6.42 Å². The second-order valence-corrected chi connectivity index (χ2v) is 9.97. The molecule has 15 atom stereocenters. The first-order valence-electron chi connectivity index (χ1n) is 13.2. The van der Waals surface area contributed by atoms with Crippen LogP contribution in [-0.4, -0.2) is 170 Å². The van der Waals surface area contributed by atoms with Crippen LogP contribution < -0.4 is 0 Å². The van der Waals surface area contributed by atoms with Crippen LogP contribution in [-0.2, 0) is 28.4 Å². The Morgan fingerprint density at radius 3 is 1.52 bits per heavy atom. The molecule has 40 heavy (non-hydrogen) atoms. The summed E-state index contributed by atoms with van der Waals surface area (Å²) in [5, 5.41) is 102. The number of rotatable bonds is 13. The van der Waals surface area contributed by atoms with E-state index in [9.17, 15) is 51.1 Å². The highest BCUT2D eigenvalue weighted by Gasteiger charge is 2.54. The number of allylic oxidation sites excluding steroid dienone is 1. The zero-order valence-corrected chi connectivity index (χ0v) is 21.8. The van der Waals surface area contributed by atoms with Gasteiger partial charge in [0.15, 0.2) is 18.9 Å². The number of hydrogen-bond acceptors (Lipinski definition) is 16. The van der Waals surface area contributed by atoms with Crippen molar-refractivity contribution in [1.82, 2.24) is 0 Å². The highest BCUT2D eigenvalue weighted by Crippen LogP contribution is 2.33. The van der Waals surface area contributed by atoms with E-state index in [2.05, 4.69) is 6.58 Å². The summed E-state index contributed by atoms with van der Waals surface area (Å²) in [5.74, 6) is 0. The Hall–Kier alpha value is -0.900. The average molecular weight is 587 g/mol. The first-order valence-corrected chi connectivity index (χ1v) is 13.2. The van der Waals surface area contributed by atoms with Crippen molar-refractivity contribution < 1.29 is 79.5 Å². The van der Waals surface area contributed by atoms with Crippen molar-refractivity contribution in [2.24, 2.45) is 0 Å². The van der Waals surface area contributed by atoms with E-state index in [4.69, 9.17) is 28.4 Å². The highest BCUT2D eigenvalue weighted by molar-refractivity contribution is 4.96. The van der Waals surface area contributed by atoms with Gasteiger partial charge >= 0.3 is 0 Å². The third kappa shape index (κ3) is 7.54. The minimum atomic E-state index is -1.87. The van der Waals surface area contributed by atoms with Crippen LogP contribution in [0.15, 0.2) is 12.7 Å². The molecule has 0 saturated carbocycles. The summed E-state index contributed by atoms with van der Waals surface area (Å²) in [6.45, 7) is 1.59. The predicted molar refractivity (Wildman–Crippen MR) is 129 cm³/mol. The van der Waals surface area contributed by atoms with Gasteiger partial charge < -0.3 is 79.5 Å². The van der Waals surface area contributed by atoms with Crippen molar-refractivity contribution in [3.05, 3.63) is 12.7 Å². The van der Waals surface area contributed by atoms with Gasteiger partial charge in [0, 0.05) is 6.61 Å². The van der Waals surface area contributed by atoms with E-state index in [-0.39, 0.29) is 6.61 Å². The fraction of sp³-hybridized carbons (Fsp3) is 0.917. The summed E-state index contributed by atoms with van der Waals surface area (Å²) < 4.78 is 33.7. The van der Waals surface area contributed by atoms with Crippen LogP contribution in [0, 0.1) is 0 Å². The molecule has 3 aliphatic rings. The van der Waals surface area contributed by atoms with E-state index < -0.39 is 112 Å². The van der Waals surface area contributed by atoms with Gasteiger partial charge in [0.1, 0.15) is 73.2 Å². The Bertz CT molecular complexity index is 758. The van der Waals surface area contributed by atoms with Crippen LogP contribution in [0.1, 0.15) is 19.3 Å². The van der Waals surface area contributed by atoms with Crippen molar-refractivity contribution in [1.29, 1.82) is 0 Å². The molecule has 0 radical (unpaired) electrons. The lowest BCUT2D eigenvalue weighted by atomic mass is 9.96. The summed E-state index contributed by atoms with van der Waals surface area (Å²) in [7, 11) is 0. The Labute approximate surface area is 230 Å². The third-order valence-corrected chi connectivity index (χ3v) is 7.16. The van der Waals surface area contributed by atoms with Gasteiger partial charge in [-0.1, -0.05) is 6.08 Å². The van der Waals surface area contributed by atoms with Gasteiger partial charge in [-0.05, 0) is 19.3 Å². The maximum absolute atomic E-state index is 10.8. The van der Waals surface area contributed by atoms with Crippen LogP contribution in [0.25, 0.3) is 0 Å². The zero-order chi connectivity index (χ0) is 29.6. The Morgan fingerprint density at radius 2 is 1.00 bits per heavy atom. The molecule has 10 N–H and O–H groups in total. The molecule has 0 spiro atoms. The number of ether oxygens (including phenoxy) is 6. The summed E-state index contributed by atoms with van der Waals surface area (Å²) in [5.41, 5.74) is 0. The summed E-state index contributed by atoms with van der Waals surface area (Å²) in [6.07, 6.45) is -20.6. The fourth-order valence-electron chi connectivity index (χ4n) is 4.73. The number of hydrogen-bond donors (Lipinski definition) is 10. The third-order valence-electron chi connectivity index (χ3n) is 7.16. The van der Waals surface area contributed by atoms with Gasteiger partial charge in [0.2, 0.25) is 0 Å². The van der Waals surface area contributed by atoms with Gasteiger partial charge in [0.25, 0.3) is 0 Å². The zero-order valence-electron chi connectivity index (χ0n) is 21.8. The van der Waals surface area contributed by atoms with Gasteiger partial charge in [-0.25, -0.2) is 0 Å². The van der Waals surface area contributed by atoms with Gasteiger partial charge in [-0.3, -0.25) is 0 Å². The molecule has 6 unspecified atom stereocenters. The largest absolute Gasteiger partial charge is 0.394 e. The number of aliphatic hydroxyl groups excluding tert-OH is 10. The first kappa shape index (κ1) is 33.6. The Balaban J connectivity index is 1.83. The van der Waals surface area contributed by atoms with Crippen LogP contribution in [0.2, 0.25) is 0 Å². The molecule has 0 aromatic carbocycles. The molecule has 0 aromatic heterocycles. The molecule has 3 saturated heterocycles. The van der Waals surface area contributed by atoms with Crippen LogP contribution >= 0.6 is 0 Å². The van der Waals surface area contributed by atoms with E-state index in [1.54, 1.807) is 6.08 Å². The molecule has 16 heteroatoms. The highest BCUT2D eigenvalue weighted by atomic mass is 16.8. The van der Waals surface area contributed by atoms with Crippen molar-refractivity contribution in [3.8, 4) is 0 Å². The number of unbranched alkanes of at least 4 members (excludes halogenated alkanes) is 2. The molecule has 3 rings (SSSR count). The predicted octanol–water partition coefficient (Wildman–Crippen LogP) is -5.19. The van der Waals surface area contributed by atoms with E-state index in [0.717, 1.165) is 12.8 Å². The minimum Gasteiger partial charge on any atom is -0.394 e. The van der Waals surface area contributed by atoms with E-state index in [1.807, 2.05) is 0 Å². The second kappa shape index (κ2) is 15.5. The lowest BCUT2D eigenvalue weighted by Crippen LogP contribution is -2.67. The van der Waals surface area contributed by atoms with Crippen LogP contribution in [0.5, 0.6) is 0 Å². The molecule has 0 bridgehead atoms. The summed E-state index contributed by atoms with van der Waals surface area (Å²) >= 11 is 0. The standard InChI is InChI=1S/C24H42O16/c1-2-3-4-5-6-35-23-20(17(32)14(29)11(8-26)37-23)40-24-21(18(33)15(30)12(9-27)38-24)39-22-19(34)16(31)13(28)10(7-25)36-22/h2,10-34H,1,3-9H2/t10?,11?,12?,13-,14-,15-,16+,17+,18+,19?,20?,21?,22+,23+,24-/m1/s1. The SMILES string of the molecule is C=CCCCCO[C@H]1OC(CO)[C@@H](O)[C@H](O)C1O[C@H]1OC(CO)[C@@H](O)[C@H](O)C1O[C@@H]1OC(CO)[C@@H](O)[C@H](O)C1O. The molecule has 16 nitrogen and oxygen atoms in total. The maximum atomic E-state index is 10.8. The average Bonchev–Trinajstić information content (AvgIpc) is 2.95. The summed E-state index contributed by atoms with van der Waals surface area (Å²) in [4.78, 5) is 0. The lowest BCUT2D eigenvalue weighted by molar-refractivity contribution is -0.393. The molecule has 0 aliphatic carbocycles. The van der Waals surface area contributed by atoms with Gasteiger partial charge in [-0.15, -0.1) is 6.58 Å². The summed E-state index contributed by atoms with van der Waals surface area (Å²) in [6, 6.07) is 0. The van der Waals surface area contributed by atoms with Gasteiger partial charge in [-0.2, -0.15) is 0 Å². The Morgan fingerprint density at radius 1 is 0.550 bits per heavy atom. The molecular weight excluding hydrogens is 544 g/mol. The van der Waals surface area contributed by atoms with Crippen molar-refractivity contribution in [2.45, 2.75) is 111 Å². The number of aliphatic hydroxyl groups is 10. The maximum Gasteiger partial charge on any atom is 0.187 e. The molecule has 0 amide bonds. The first-order chi connectivity index (χ1) is 19.1. The van der Waals surface area contributed by atoms with Crippen LogP contribution in [0.3, 0.4) is 0 Å². The molecule has 3 aliphatic heterocycles. The van der Waals surface area contributed by atoms with Gasteiger partial charge in [0.05, 0.1) is 19.8 Å². The lowest BCUT2D eigenvalue weighted by Gasteiger charge is -2.48. The van der Waals surface area contributed by atoms with Crippen molar-refractivity contribution >= 4 is 0 Å². The fourth-order valence-corrected chi connectivity index (χ4v) is 4.73. The van der Waals surface area contributed by atoms with E-state index >= 15 is 0 Å². The minimum absolute atomic E-state index is 0.135. The van der Waals surface area contributed by atoms with Crippen molar-refractivity contribution in [2.75, 3.05) is 26.4 Å². The molecular formula is C24H42O16. The second-order valence-electron chi connectivity index (χ2n) is 9.97. The quantitative estimate of drug-likeness (QED) is 0.0714. The smallest absolute Gasteiger partial charge is 0.187 e. The molecule has 0 aromatic rings. The van der Waals surface area contributed by atoms with Crippen molar-refractivity contribution in [3.63, 3.8) is 0 Å². The monoisotopic (exact) mass is 586 g/mol. The van der Waals surface area contributed by atoms with E-state index in [1.165, 1.54) is 0 Å².